The van der Waals surface area contributed by atoms with Gasteiger partial charge in [0.05, 0.1) is 11.5 Å². The minimum absolute atomic E-state index is 0.0207. The van der Waals surface area contributed by atoms with Crippen molar-refractivity contribution < 1.29 is 9.66 Å². The summed E-state index contributed by atoms with van der Waals surface area (Å²) in [4.78, 5) is 12.3. The Bertz CT molecular complexity index is 353. The van der Waals surface area contributed by atoms with Crippen LogP contribution in [0.4, 0.5) is 5.69 Å². The largest absolute Gasteiger partial charge is 0.487 e. The van der Waals surface area contributed by atoms with Gasteiger partial charge in [0.15, 0.2) is 5.75 Å². The van der Waals surface area contributed by atoms with Crippen molar-refractivity contribution in [3.63, 3.8) is 0 Å². The van der Waals surface area contributed by atoms with Gasteiger partial charge in [-0.1, -0.05) is 12.1 Å². The zero-order valence-corrected chi connectivity index (χ0v) is 9.55. The molecule has 0 unspecified atom stereocenters. The van der Waals surface area contributed by atoms with Gasteiger partial charge in [-0.2, -0.15) is 0 Å². The van der Waals surface area contributed by atoms with Crippen molar-refractivity contribution in [2.45, 2.75) is 6.42 Å². The van der Waals surface area contributed by atoms with Crippen molar-refractivity contribution in [2.24, 2.45) is 0 Å². The molecular formula is C11H16N2O3. The molecule has 0 saturated heterocycles. The molecule has 0 aromatic heterocycles. The summed E-state index contributed by atoms with van der Waals surface area (Å²) >= 11 is 0. The third-order valence-electron chi connectivity index (χ3n) is 2.07. The van der Waals surface area contributed by atoms with Gasteiger partial charge in [0.25, 0.3) is 0 Å². The summed E-state index contributed by atoms with van der Waals surface area (Å²) in [5.74, 6) is 0.339. The molecule has 0 aliphatic heterocycles. The van der Waals surface area contributed by atoms with Gasteiger partial charge in [-0.15, -0.1) is 0 Å². The molecule has 5 nitrogen and oxygen atoms in total. The first-order chi connectivity index (χ1) is 7.61. The average Bonchev–Trinajstić information content (AvgIpc) is 2.24. The van der Waals surface area contributed by atoms with Gasteiger partial charge in [0, 0.05) is 12.6 Å². The summed E-state index contributed by atoms with van der Waals surface area (Å²) < 4.78 is 5.38. The lowest BCUT2D eigenvalue weighted by molar-refractivity contribution is -0.385. The summed E-state index contributed by atoms with van der Waals surface area (Å²) in [5.41, 5.74) is 0.0207. The Morgan fingerprint density at radius 2 is 2.06 bits per heavy atom. The van der Waals surface area contributed by atoms with Gasteiger partial charge in [0.1, 0.15) is 0 Å². The second-order valence-electron chi connectivity index (χ2n) is 3.73. The fraction of sp³-hybridized carbons (Fsp3) is 0.455. The van der Waals surface area contributed by atoms with E-state index >= 15 is 0 Å². The number of ether oxygens (including phenoxy) is 1. The van der Waals surface area contributed by atoms with E-state index in [0.29, 0.717) is 12.4 Å². The molecule has 88 valence electrons. The molecule has 0 atom stereocenters. The minimum Gasteiger partial charge on any atom is -0.487 e. The normalized spacial score (nSPS) is 10.4. The smallest absolute Gasteiger partial charge is 0.310 e. The van der Waals surface area contributed by atoms with Crippen LogP contribution in [-0.4, -0.2) is 37.1 Å². The molecule has 5 heteroatoms. The lowest BCUT2D eigenvalue weighted by Gasteiger charge is -2.10. The Hall–Kier alpha value is -1.62. The van der Waals surface area contributed by atoms with Crippen LogP contribution < -0.4 is 4.74 Å². The molecule has 0 fully saturated rings. The lowest BCUT2D eigenvalue weighted by Crippen LogP contribution is -2.15. The first kappa shape index (κ1) is 12.4. The number of rotatable bonds is 6. The highest BCUT2D eigenvalue weighted by Crippen LogP contribution is 2.25. The second-order valence-corrected chi connectivity index (χ2v) is 3.73. The van der Waals surface area contributed by atoms with Crippen molar-refractivity contribution in [1.82, 2.24) is 4.90 Å². The standard InChI is InChI=1S/C11H16N2O3/c1-12(2)8-5-9-16-11-7-4-3-6-10(11)13(14)15/h3-4,6-7H,5,8-9H2,1-2H3. The highest BCUT2D eigenvalue weighted by atomic mass is 16.6. The Morgan fingerprint density at radius 3 is 2.69 bits per heavy atom. The van der Waals surface area contributed by atoms with Gasteiger partial charge < -0.3 is 9.64 Å². The van der Waals surface area contributed by atoms with E-state index in [4.69, 9.17) is 4.74 Å². The van der Waals surface area contributed by atoms with Crippen LogP contribution in [-0.2, 0) is 0 Å². The van der Waals surface area contributed by atoms with E-state index in [0.717, 1.165) is 13.0 Å². The van der Waals surface area contributed by atoms with Crippen LogP contribution in [0.5, 0.6) is 5.75 Å². The van der Waals surface area contributed by atoms with E-state index in [1.54, 1.807) is 18.2 Å². The topological polar surface area (TPSA) is 55.6 Å². The van der Waals surface area contributed by atoms with Crippen LogP contribution in [0.25, 0.3) is 0 Å². The van der Waals surface area contributed by atoms with Crippen LogP contribution >= 0.6 is 0 Å². The number of nitro benzene ring substituents is 1. The van der Waals surface area contributed by atoms with E-state index in [1.165, 1.54) is 6.07 Å². The molecule has 0 amide bonds. The Morgan fingerprint density at radius 1 is 1.38 bits per heavy atom. The third kappa shape index (κ3) is 3.86. The lowest BCUT2D eigenvalue weighted by atomic mass is 10.3. The average molecular weight is 224 g/mol. The van der Waals surface area contributed by atoms with Crippen LogP contribution in [0.2, 0.25) is 0 Å². The molecule has 1 rings (SSSR count). The Balaban J connectivity index is 2.50. The molecule has 0 aliphatic carbocycles. The van der Waals surface area contributed by atoms with E-state index in [2.05, 4.69) is 0 Å². The van der Waals surface area contributed by atoms with Crippen LogP contribution in [0, 0.1) is 10.1 Å². The fourth-order valence-electron chi connectivity index (χ4n) is 1.29. The molecule has 0 bridgehead atoms. The highest BCUT2D eigenvalue weighted by Gasteiger charge is 2.12. The summed E-state index contributed by atoms with van der Waals surface area (Å²) in [6.07, 6.45) is 0.846. The first-order valence-corrected chi connectivity index (χ1v) is 5.12. The molecule has 0 aliphatic rings. The predicted molar refractivity (Wildman–Crippen MR) is 61.8 cm³/mol. The van der Waals surface area contributed by atoms with Crippen LogP contribution in [0.1, 0.15) is 6.42 Å². The van der Waals surface area contributed by atoms with Gasteiger partial charge in [-0.25, -0.2) is 0 Å². The van der Waals surface area contributed by atoms with Crippen molar-refractivity contribution in [2.75, 3.05) is 27.2 Å². The number of para-hydroxylation sites is 2. The monoisotopic (exact) mass is 224 g/mol. The van der Waals surface area contributed by atoms with E-state index < -0.39 is 4.92 Å². The number of nitro groups is 1. The maximum absolute atomic E-state index is 10.7. The van der Waals surface area contributed by atoms with Crippen LogP contribution in [0.15, 0.2) is 24.3 Å². The molecule has 16 heavy (non-hydrogen) atoms. The maximum Gasteiger partial charge on any atom is 0.310 e. The fourth-order valence-corrected chi connectivity index (χ4v) is 1.29. The summed E-state index contributed by atoms with van der Waals surface area (Å²) in [6, 6.07) is 6.42. The molecule has 0 spiro atoms. The Kier molecular flexibility index (Phi) is 4.72. The minimum atomic E-state index is -0.429. The van der Waals surface area contributed by atoms with Gasteiger partial charge in [-0.05, 0) is 26.6 Å². The number of hydrogen-bond donors (Lipinski definition) is 0. The molecule has 0 heterocycles. The molecule has 0 radical (unpaired) electrons. The third-order valence-corrected chi connectivity index (χ3v) is 2.07. The molecule has 0 N–H and O–H groups in total. The SMILES string of the molecule is CN(C)CCCOc1ccccc1[N+](=O)[O-]. The van der Waals surface area contributed by atoms with Crippen molar-refractivity contribution in [3.05, 3.63) is 34.4 Å². The first-order valence-electron chi connectivity index (χ1n) is 5.12. The maximum atomic E-state index is 10.7. The highest BCUT2D eigenvalue weighted by molar-refractivity contribution is 5.45. The summed E-state index contributed by atoms with van der Waals surface area (Å²) in [7, 11) is 3.95. The number of benzene rings is 1. The van der Waals surface area contributed by atoms with Crippen molar-refractivity contribution in [3.8, 4) is 5.75 Å². The second kappa shape index (κ2) is 6.07. The summed E-state index contributed by atoms with van der Waals surface area (Å²) in [6.45, 7) is 1.39. The van der Waals surface area contributed by atoms with Crippen LogP contribution in [0.3, 0.4) is 0 Å². The zero-order chi connectivity index (χ0) is 12.0. The van der Waals surface area contributed by atoms with E-state index in [-0.39, 0.29) is 5.69 Å². The van der Waals surface area contributed by atoms with E-state index in [1.807, 2.05) is 19.0 Å². The zero-order valence-electron chi connectivity index (χ0n) is 9.55. The number of nitrogens with zero attached hydrogens (tertiary/aromatic N) is 2. The van der Waals surface area contributed by atoms with Gasteiger partial charge in [0.2, 0.25) is 0 Å². The quantitative estimate of drug-likeness (QED) is 0.421. The predicted octanol–water partition coefficient (Wildman–Crippen LogP) is 1.93. The molecule has 1 aromatic rings. The summed E-state index contributed by atoms with van der Waals surface area (Å²) in [5, 5.41) is 10.7. The van der Waals surface area contributed by atoms with Gasteiger partial charge in [-0.3, -0.25) is 10.1 Å². The Labute approximate surface area is 94.8 Å². The number of hydrogen-bond acceptors (Lipinski definition) is 4. The molecule has 0 saturated carbocycles. The van der Waals surface area contributed by atoms with E-state index in [9.17, 15) is 10.1 Å². The molecule has 1 aromatic carbocycles. The van der Waals surface area contributed by atoms with Crippen molar-refractivity contribution >= 4 is 5.69 Å². The van der Waals surface area contributed by atoms with Gasteiger partial charge >= 0.3 is 5.69 Å². The molecular weight excluding hydrogens is 208 g/mol. The van der Waals surface area contributed by atoms with Crippen molar-refractivity contribution in [1.29, 1.82) is 0 Å².